The Morgan fingerprint density at radius 2 is 2.04 bits per heavy atom. The highest BCUT2D eigenvalue weighted by Gasteiger charge is 2.25. The van der Waals surface area contributed by atoms with Crippen molar-refractivity contribution < 1.29 is 14.3 Å². The van der Waals surface area contributed by atoms with Gasteiger partial charge in [-0.2, -0.15) is 0 Å². The van der Waals surface area contributed by atoms with Gasteiger partial charge < -0.3 is 15.4 Å². The van der Waals surface area contributed by atoms with Crippen LogP contribution in [0.15, 0.2) is 18.2 Å². The van der Waals surface area contributed by atoms with Crippen LogP contribution in [0.5, 0.6) is 0 Å². The molecule has 3 heterocycles. The highest BCUT2D eigenvalue weighted by molar-refractivity contribution is 5.92. The summed E-state index contributed by atoms with van der Waals surface area (Å²) in [5.74, 6) is -0.111. The second-order valence-electron chi connectivity index (χ2n) is 6.39. The van der Waals surface area contributed by atoms with Gasteiger partial charge in [0.1, 0.15) is 5.69 Å². The van der Waals surface area contributed by atoms with Crippen LogP contribution in [0.3, 0.4) is 0 Å². The number of nitrogens with zero attached hydrogens (tertiary/aromatic N) is 3. The van der Waals surface area contributed by atoms with Crippen molar-refractivity contribution in [3.63, 3.8) is 0 Å². The first-order valence-corrected chi connectivity index (χ1v) is 8.48. The number of amides is 2. The molecule has 7 nitrogen and oxygen atoms in total. The SMILES string of the molecule is NC(=O)CN1CCC[C@H](c2cccc(C(=O)N3CCOCC3)n2)C1. The lowest BCUT2D eigenvalue weighted by Crippen LogP contribution is -2.41. The number of carbonyl (C=O) groups is 2. The average molecular weight is 332 g/mol. The van der Waals surface area contributed by atoms with Gasteiger partial charge in [-0.25, -0.2) is 4.98 Å². The minimum atomic E-state index is -0.306. The molecule has 24 heavy (non-hydrogen) atoms. The van der Waals surface area contributed by atoms with E-state index in [1.54, 1.807) is 11.0 Å². The van der Waals surface area contributed by atoms with Crippen LogP contribution in [0, 0.1) is 0 Å². The van der Waals surface area contributed by atoms with Crippen LogP contribution in [-0.2, 0) is 9.53 Å². The molecule has 0 spiro atoms. The van der Waals surface area contributed by atoms with E-state index in [1.807, 2.05) is 12.1 Å². The van der Waals surface area contributed by atoms with E-state index in [-0.39, 0.29) is 24.3 Å². The summed E-state index contributed by atoms with van der Waals surface area (Å²) in [5.41, 5.74) is 6.70. The van der Waals surface area contributed by atoms with Gasteiger partial charge in [-0.15, -0.1) is 0 Å². The molecule has 1 aromatic rings. The second kappa shape index (κ2) is 7.72. The maximum atomic E-state index is 12.6. The Morgan fingerprint density at radius 1 is 1.25 bits per heavy atom. The maximum Gasteiger partial charge on any atom is 0.272 e. The maximum absolute atomic E-state index is 12.6. The van der Waals surface area contributed by atoms with Crippen LogP contribution >= 0.6 is 0 Å². The summed E-state index contributed by atoms with van der Waals surface area (Å²) in [7, 11) is 0. The molecule has 0 unspecified atom stereocenters. The zero-order valence-corrected chi connectivity index (χ0v) is 13.8. The lowest BCUT2D eigenvalue weighted by Gasteiger charge is -2.31. The van der Waals surface area contributed by atoms with Crippen molar-refractivity contribution in [2.75, 3.05) is 45.9 Å². The molecular formula is C17H24N4O3. The standard InChI is InChI=1S/C17H24N4O3/c18-16(22)12-20-6-2-3-13(11-20)14-4-1-5-15(19-14)17(23)21-7-9-24-10-8-21/h1,4-5,13H,2-3,6-12H2,(H2,18,22)/t13-/m0/s1. The lowest BCUT2D eigenvalue weighted by atomic mass is 9.94. The van der Waals surface area contributed by atoms with Crippen molar-refractivity contribution in [1.29, 1.82) is 0 Å². The van der Waals surface area contributed by atoms with Crippen LogP contribution in [-0.4, -0.2) is 72.5 Å². The molecule has 2 fully saturated rings. The molecule has 2 aliphatic rings. The van der Waals surface area contributed by atoms with Gasteiger partial charge in [0.2, 0.25) is 5.91 Å². The molecule has 130 valence electrons. The van der Waals surface area contributed by atoms with Crippen molar-refractivity contribution in [1.82, 2.24) is 14.8 Å². The van der Waals surface area contributed by atoms with E-state index in [2.05, 4.69) is 9.88 Å². The fourth-order valence-electron chi connectivity index (χ4n) is 3.39. The smallest absolute Gasteiger partial charge is 0.272 e. The average Bonchev–Trinajstić information content (AvgIpc) is 2.62. The normalized spacial score (nSPS) is 22.3. The summed E-state index contributed by atoms with van der Waals surface area (Å²) in [5, 5.41) is 0. The molecule has 0 aromatic carbocycles. The number of nitrogens with two attached hydrogens (primary N) is 1. The molecule has 0 bridgehead atoms. The van der Waals surface area contributed by atoms with Gasteiger partial charge >= 0.3 is 0 Å². The summed E-state index contributed by atoms with van der Waals surface area (Å²) < 4.78 is 5.29. The van der Waals surface area contributed by atoms with E-state index in [9.17, 15) is 9.59 Å². The number of carbonyl (C=O) groups excluding carboxylic acids is 2. The predicted molar refractivity (Wildman–Crippen MR) is 88.6 cm³/mol. The number of aromatic nitrogens is 1. The number of morpholine rings is 1. The number of piperidine rings is 1. The first kappa shape index (κ1) is 16.9. The van der Waals surface area contributed by atoms with Gasteiger partial charge in [0.25, 0.3) is 5.91 Å². The van der Waals surface area contributed by atoms with Gasteiger partial charge in [-0.05, 0) is 31.5 Å². The molecule has 0 radical (unpaired) electrons. The van der Waals surface area contributed by atoms with E-state index in [0.717, 1.165) is 31.6 Å². The number of ether oxygens (including phenoxy) is 1. The summed E-state index contributed by atoms with van der Waals surface area (Å²) >= 11 is 0. The lowest BCUT2D eigenvalue weighted by molar-refractivity contribution is -0.119. The Hall–Kier alpha value is -1.99. The van der Waals surface area contributed by atoms with E-state index >= 15 is 0 Å². The first-order valence-electron chi connectivity index (χ1n) is 8.48. The van der Waals surface area contributed by atoms with E-state index in [4.69, 9.17) is 10.5 Å². The summed E-state index contributed by atoms with van der Waals surface area (Å²) in [6, 6.07) is 5.63. The Kier molecular flexibility index (Phi) is 5.42. The molecule has 1 atom stereocenters. The number of hydrogen-bond donors (Lipinski definition) is 1. The fraction of sp³-hybridized carbons (Fsp3) is 0.588. The van der Waals surface area contributed by atoms with Crippen molar-refractivity contribution >= 4 is 11.8 Å². The van der Waals surface area contributed by atoms with Gasteiger partial charge in [0.05, 0.1) is 19.8 Å². The molecule has 2 amide bonds. The van der Waals surface area contributed by atoms with Crippen LogP contribution in [0.4, 0.5) is 0 Å². The third kappa shape index (κ3) is 4.10. The minimum absolute atomic E-state index is 0.0371. The molecule has 0 saturated carbocycles. The van der Waals surface area contributed by atoms with E-state index < -0.39 is 0 Å². The number of hydrogen-bond acceptors (Lipinski definition) is 5. The Labute approximate surface area is 141 Å². The highest BCUT2D eigenvalue weighted by Crippen LogP contribution is 2.25. The Balaban J connectivity index is 1.70. The van der Waals surface area contributed by atoms with Crippen molar-refractivity contribution in [3.05, 3.63) is 29.6 Å². The van der Waals surface area contributed by atoms with Crippen LogP contribution in [0.25, 0.3) is 0 Å². The number of primary amides is 1. The van der Waals surface area contributed by atoms with E-state index in [1.165, 1.54) is 0 Å². The molecule has 0 aliphatic carbocycles. The van der Waals surface area contributed by atoms with Gasteiger partial charge in [0.15, 0.2) is 0 Å². The predicted octanol–water partition coefficient (Wildman–Crippen LogP) is 0.219. The first-order chi connectivity index (χ1) is 11.6. The van der Waals surface area contributed by atoms with Crippen LogP contribution in [0.1, 0.15) is 34.9 Å². The third-order valence-electron chi connectivity index (χ3n) is 4.59. The fourth-order valence-corrected chi connectivity index (χ4v) is 3.39. The molecular weight excluding hydrogens is 308 g/mol. The molecule has 2 N–H and O–H groups in total. The highest BCUT2D eigenvalue weighted by atomic mass is 16.5. The largest absolute Gasteiger partial charge is 0.378 e. The number of pyridine rings is 1. The summed E-state index contributed by atoms with van der Waals surface area (Å²) in [6.45, 7) is 4.30. The van der Waals surface area contributed by atoms with Crippen LogP contribution in [0.2, 0.25) is 0 Å². The number of rotatable bonds is 4. The zero-order chi connectivity index (χ0) is 16.9. The zero-order valence-electron chi connectivity index (χ0n) is 13.8. The van der Waals surface area contributed by atoms with Crippen LogP contribution < -0.4 is 5.73 Å². The molecule has 7 heteroatoms. The number of likely N-dealkylation sites (tertiary alicyclic amines) is 1. The Bertz CT molecular complexity index is 601. The van der Waals surface area contributed by atoms with Gasteiger partial charge in [-0.3, -0.25) is 14.5 Å². The van der Waals surface area contributed by atoms with Gasteiger partial charge in [-0.1, -0.05) is 6.07 Å². The Morgan fingerprint density at radius 3 is 2.79 bits per heavy atom. The quantitative estimate of drug-likeness (QED) is 0.852. The molecule has 2 saturated heterocycles. The monoisotopic (exact) mass is 332 g/mol. The van der Waals surface area contributed by atoms with E-state index in [0.29, 0.717) is 32.0 Å². The van der Waals surface area contributed by atoms with Crippen molar-refractivity contribution in [2.24, 2.45) is 5.73 Å². The van der Waals surface area contributed by atoms with Crippen molar-refractivity contribution in [3.8, 4) is 0 Å². The third-order valence-corrected chi connectivity index (χ3v) is 4.59. The molecule has 1 aromatic heterocycles. The molecule has 3 rings (SSSR count). The topological polar surface area (TPSA) is 88.8 Å². The van der Waals surface area contributed by atoms with Gasteiger partial charge in [0, 0.05) is 31.2 Å². The molecule has 2 aliphatic heterocycles. The minimum Gasteiger partial charge on any atom is -0.378 e. The summed E-state index contributed by atoms with van der Waals surface area (Å²) in [4.78, 5) is 32.2. The van der Waals surface area contributed by atoms with Crippen molar-refractivity contribution in [2.45, 2.75) is 18.8 Å². The summed E-state index contributed by atoms with van der Waals surface area (Å²) in [6.07, 6.45) is 2.01. The second-order valence-corrected chi connectivity index (χ2v) is 6.39.